The number of ether oxygens (including phenoxy) is 1. The molecule has 13 heavy (non-hydrogen) atoms. The smallest absolute Gasteiger partial charge is 0.218 e. The molecule has 0 atom stereocenters. The van der Waals surface area contributed by atoms with Crippen LogP contribution >= 0.6 is 0 Å². The summed E-state index contributed by atoms with van der Waals surface area (Å²) in [6.45, 7) is 4.60. The van der Waals surface area contributed by atoms with Crippen molar-refractivity contribution in [2.75, 3.05) is 12.3 Å². The van der Waals surface area contributed by atoms with Crippen molar-refractivity contribution in [3.63, 3.8) is 0 Å². The zero-order valence-electron chi connectivity index (χ0n) is 8.08. The Balaban J connectivity index is 2.56. The van der Waals surface area contributed by atoms with Crippen LogP contribution in [0.3, 0.4) is 0 Å². The summed E-state index contributed by atoms with van der Waals surface area (Å²) in [6, 6.07) is 1.64. The molecular weight excluding hydrogens is 166 g/mol. The van der Waals surface area contributed by atoms with Gasteiger partial charge < -0.3 is 10.5 Å². The Hall–Kier alpha value is -1.32. The fourth-order valence-corrected chi connectivity index (χ4v) is 0.957. The highest BCUT2D eigenvalue weighted by Crippen LogP contribution is 2.10. The zero-order chi connectivity index (χ0) is 9.68. The third-order valence-corrected chi connectivity index (χ3v) is 1.58. The third-order valence-electron chi connectivity index (χ3n) is 1.58. The number of aryl methyl sites for hydroxylation is 1. The molecule has 0 radical (unpaired) electrons. The van der Waals surface area contributed by atoms with Crippen LogP contribution in [-0.2, 0) is 0 Å². The van der Waals surface area contributed by atoms with Gasteiger partial charge in [-0.15, -0.1) is 0 Å². The summed E-state index contributed by atoms with van der Waals surface area (Å²) in [4.78, 5) is 8.04. The van der Waals surface area contributed by atoms with Crippen molar-refractivity contribution >= 4 is 5.82 Å². The summed E-state index contributed by atoms with van der Waals surface area (Å²) in [5.74, 6) is 1.67. The molecule has 0 saturated heterocycles. The first-order valence-electron chi connectivity index (χ1n) is 4.46. The fourth-order valence-electron chi connectivity index (χ4n) is 0.957. The number of nitrogen functional groups attached to an aromatic ring is 1. The average molecular weight is 181 g/mol. The lowest BCUT2D eigenvalue weighted by atomic mass is 10.4. The van der Waals surface area contributed by atoms with E-state index in [1.54, 1.807) is 13.0 Å². The van der Waals surface area contributed by atoms with Gasteiger partial charge in [0, 0.05) is 6.07 Å². The number of rotatable bonds is 4. The van der Waals surface area contributed by atoms with Gasteiger partial charge in [0.1, 0.15) is 11.6 Å². The van der Waals surface area contributed by atoms with Crippen molar-refractivity contribution in [3.05, 3.63) is 11.9 Å². The molecule has 1 heterocycles. The summed E-state index contributed by atoms with van der Waals surface area (Å²) in [7, 11) is 0. The molecule has 4 nitrogen and oxygen atoms in total. The molecule has 0 aliphatic heterocycles. The van der Waals surface area contributed by atoms with Gasteiger partial charge in [-0.1, -0.05) is 13.3 Å². The van der Waals surface area contributed by atoms with Crippen LogP contribution in [0, 0.1) is 6.92 Å². The van der Waals surface area contributed by atoms with Gasteiger partial charge in [0.15, 0.2) is 0 Å². The van der Waals surface area contributed by atoms with E-state index in [2.05, 4.69) is 16.9 Å². The van der Waals surface area contributed by atoms with E-state index in [-0.39, 0.29) is 0 Å². The normalized spacial score (nSPS) is 10.0. The molecule has 0 amide bonds. The van der Waals surface area contributed by atoms with E-state index in [0.29, 0.717) is 24.1 Å². The molecule has 0 aliphatic rings. The highest BCUT2D eigenvalue weighted by molar-refractivity contribution is 5.32. The van der Waals surface area contributed by atoms with E-state index in [4.69, 9.17) is 10.5 Å². The van der Waals surface area contributed by atoms with E-state index >= 15 is 0 Å². The van der Waals surface area contributed by atoms with Crippen LogP contribution in [-0.4, -0.2) is 16.6 Å². The van der Waals surface area contributed by atoms with Crippen LogP contribution in [0.5, 0.6) is 5.88 Å². The first kappa shape index (κ1) is 9.77. The van der Waals surface area contributed by atoms with Crippen molar-refractivity contribution < 1.29 is 4.74 Å². The van der Waals surface area contributed by atoms with Crippen LogP contribution in [0.4, 0.5) is 5.82 Å². The third kappa shape index (κ3) is 3.27. The topological polar surface area (TPSA) is 61.0 Å². The predicted octanol–water partition coefficient (Wildman–Crippen LogP) is 1.55. The van der Waals surface area contributed by atoms with E-state index < -0.39 is 0 Å². The highest BCUT2D eigenvalue weighted by atomic mass is 16.5. The van der Waals surface area contributed by atoms with Crippen molar-refractivity contribution in [1.82, 2.24) is 9.97 Å². The van der Waals surface area contributed by atoms with Crippen molar-refractivity contribution in [3.8, 4) is 5.88 Å². The summed E-state index contributed by atoms with van der Waals surface area (Å²) in [6.07, 6.45) is 2.14. The largest absolute Gasteiger partial charge is 0.478 e. The molecule has 0 fully saturated rings. The highest BCUT2D eigenvalue weighted by Gasteiger charge is 1.98. The molecule has 0 saturated carbocycles. The van der Waals surface area contributed by atoms with Crippen LogP contribution in [0.1, 0.15) is 25.6 Å². The number of unbranched alkanes of at least 4 members (excludes halogenated alkanes) is 1. The van der Waals surface area contributed by atoms with E-state index in [0.717, 1.165) is 12.8 Å². The average Bonchev–Trinajstić information content (AvgIpc) is 2.03. The lowest BCUT2D eigenvalue weighted by Gasteiger charge is -2.04. The maximum absolute atomic E-state index is 5.53. The lowest BCUT2D eigenvalue weighted by molar-refractivity contribution is 0.297. The summed E-state index contributed by atoms with van der Waals surface area (Å²) < 4.78 is 5.38. The number of anilines is 1. The second-order valence-electron chi connectivity index (χ2n) is 2.88. The van der Waals surface area contributed by atoms with Crippen LogP contribution in [0.25, 0.3) is 0 Å². The SMILES string of the molecule is CCCCOc1cc(N)nc(C)n1. The number of nitrogens with two attached hydrogens (primary N) is 1. The standard InChI is InChI=1S/C9H15N3O/c1-3-4-5-13-9-6-8(10)11-7(2)12-9/h6H,3-5H2,1-2H3,(H2,10,11,12). The van der Waals surface area contributed by atoms with Crippen LogP contribution in [0.2, 0.25) is 0 Å². The fraction of sp³-hybridized carbons (Fsp3) is 0.556. The molecule has 1 rings (SSSR count). The number of nitrogens with zero attached hydrogens (tertiary/aromatic N) is 2. The van der Waals surface area contributed by atoms with Crippen molar-refractivity contribution in [2.45, 2.75) is 26.7 Å². The maximum Gasteiger partial charge on any atom is 0.218 e. The van der Waals surface area contributed by atoms with Gasteiger partial charge in [0.05, 0.1) is 6.61 Å². The van der Waals surface area contributed by atoms with Gasteiger partial charge in [-0.25, -0.2) is 4.98 Å². The predicted molar refractivity (Wildman–Crippen MR) is 51.6 cm³/mol. The summed E-state index contributed by atoms with van der Waals surface area (Å²) >= 11 is 0. The monoisotopic (exact) mass is 181 g/mol. The number of hydrogen-bond acceptors (Lipinski definition) is 4. The van der Waals surface area contributed by atoms with Gasteiger partial charge in [0.2, 0.25) is 5.88 Å². The van der Waals surface area contributed by atoms with Gasteiger partial charge in [-0.05, 0) is 13.3 Å². The van der Waals surface area contributed by atoms with Crippen LogP contribution in [0.15, 0.2) is 6.07 Å². The molecule has 1 aromatic rings. The molecular formula is C9H15N3O. The van der Waals surface area contributed by atoms with E-state index in [1.807, 2.05) is 0 Å². The second-order valence-corrected chi connectivity index (χ2v) is 2.88. The minimum atomic E-state index is 0.457. The second kappa shape index (κ2) is 4.64. The van der Waals surface area contributed by atoms with Gasteiger partial charge in [-0.3, -0.25) is 0 Å². The lowest BCUT2D eigenvalue weighted by Crippen LogP contribution is -2.02. The Kier molecular flexibility index (Phi) is 3.49. The molecule has 72 valence electrons. The Bertz CT molecular complexity index is 255. The molecule has 1 aromatic heterocycles. The molecule has 0 unspecified atom stereocenters. The minimum absolute atomic E-state index is 0.457. The first-order valence-corrected chi connectivity index (χ1v) is 4.46. The first-order chi connectivity index (χ1) is 6.22. The quantitative estimate of drug-likeness (QED) is 0.716. The van der Waals surface area contributed by atoms with Crippen molar-refractivity contribution in [2.24, 2.45) is 0 Å². The molecule has 4 heteroatoms. The Morgan fingerprint density at radius 3 is 2.85 bits per heavy atom. The van der Waals surface area contributed by atoms with Gasteiger partial charge >= 0.3 is 0 Å². The Labute approximate surface area is 78.1 Å². The van der Waals surface area contributed by atoms with Crippen molar-refractivity contribution in [1.29, 1.82) is 0 Å². The molecule has 0 spiro atoms. The zero-order valence-corrected chi connectivity index (χ0v) is 8.08. The van der Waals surface area contributed by atoms with Gasteiger partial charge in [-0.2, -0.15) is 4.98 Å². The molecule has 0 bridgehead atoms. The molecule has 0 aliphatic carbocycles. The minimum Gasteiger partial charge on any atom is -0.478 e. The van der Waals surface area contributed by atoms with Crippen LogP contribution < -0.4 is 10.5 Å². The Morgan fingerprint density at radius 2 is 2.23 bits per heavy atom. The van der Waals surface area contributed by atoms with E-state index in [1.165, 1.54) is 0 Å². The Morgan fingerprint density at radius 1 is 1.46 bits per heavy atom. The summed E-state index contributed by atoms with van der Waals surface area (Å²) in [5, 5.41) is 0. The van der Waals surface area contributed by atoms with E-state index in [9.17, 15) is 0 Å². The van der Waals surface area contributed by atoms with Gasteiger partial charge in [0.25, 0.3) is 0 Å². The number of hydrogen-bond donors (Lipinski definition) is 1. The molecule has 2 N–H and O–H groups in total. The maximum atomic E-state index is 5.53. The molecule has 0 aromatic carbocycles. The number of aromatic nitrogens is 2. The summed E-state index contributed by atoms with van der Waals surface area (Å²) in [5.41, 5.74) is 5.53.